The molecule has 2 heterocycles. The van der Waals surface area contributed by atoms with Gasteiger partial charge >= 0.3 is 5.69 Å². The Hall–Kier alpha value is -2.20. The lowest BCUT2D eigenvalue weighted by Crippen LogP contribution is -2.35. The molecule has 0 spiro atoms. The molecule has 2 aromatic heterocycles. The highest BCUT2D eigenvalue weighted by molar-refractivity contribution is 7.89. The lowest BCUT2D eigenvalue weighted by Gasteiger charge is -2.06. The lowest BCUT2D eigenvalue weighted by molar-refractivity contribution is 0.522. The highest BCUT2D eigenvalue weighted by atomic mass is 32.2. The van der Waals surface area contributed by atoms with E-state index in [9.17, 15) is 18.0 Å². The quantitative estimate of drug-likeness (QED) is 0.747. The molecule has 0 radical (unpaired) electrons. The molecule has 0 unspecified atom stereocenters. The van der Waals surface area contributed by atoms with E-state index in [1.54, 1.807) is 16.9 Å². The first kappa shape index (κ1) is 15.2. The molecule has 2 rings (SSSR count). The van der Waals surface area contributed by atoms with E-state index >= 15 is 0 Å². The van der Waals surface area contributed by atoms with Gasteiger partial charge in [-0.3, -0.25) is 19.0 Å². The number of primary sulfonamides is 1. The molecule has 9 nitrogen and oxygen atoms in total. The van der Waals surface area contributed by atoms with Gasteiger partial charge in [-0.25, -0.2) is 18.4 Å². The zero-order valence-electron chi connectivity index (χ0n) is 11.5. The van der Waals surface area contributed by atoms with Crippen molar-refractivity contribution in [2.24, 2.45) is 5.14 Å². The van der Waals surface area contributed by atoms with Crippen LogP contribution in [-0.2, 0) is 16.6 Å². The second-order valence-electron chi connectivity index (χ2n) is 4.81. The number of H-pyrrole nitrogens is 1. The molecular formula is C11H15N5O4S. The molecule has 10 heteroatoms. The van der Waals surface area contributed by atoms with Crippen LogP contribution in [0.2, 0.25) is 0 Å². The molecular weight excluding hydrogens is 298 g/mol. The molecule has 0 atom stereocenters. The number of nitrogens with one attached hydrogen (secondary N) is 1. The Labute approximate surface area is 120 Å². The van der Waals surface area contributed by atoms with Gasteiger partial charge in [0.2, 0.25) is 10.0 Å². The summed E-state index contributed by atoms with van der Waals surface area (Å²) in [6.45, 7) is 3.92. The standard InChI is InChI=1S/C11H15N5O4S/c1-7(2)16-4-3-8(14-16)5-15-6-9(21(12,19)20)10(17)13-11(15)18/h3-4,6-7H,5H2,1-2H3,(H2,12,19,20)(H,13,17,18). The zero-order chi connectivity index (χ0) is 15.8. The van der Waals surface area contributed by atoms with Gasteiger partial charge < -0.3 is 0 Å². The van der Waals surface area contributed by atoms with Gasteiger partial charge in [0.15, 0.2) is 4.90 Å². The predicted octanol–water partition coefficient (Wildman–Crippen LogP) is -0.990. The molecule has 21 heavy (non-hydrogen) atoms. The Morgan fingerprint density at radius 1 is 1.38 bits per heavy atom. The van der Waals surface area contributed by atoms with Gasteiger partial charge in [0.1, 0.15) is 0 Å². The SMILES string of the molecule is CC(C)n1ccc(Cn2cc(S(N)(=O)=O)c(=O)[nH]c2=O)n1. The van der Waals surface area contributed by atoms with Crippen LogP contribution in [0.1, 0.15) is 25.6 Å². The van der Waals surface area contributed by atoms with E-state index in [1.165, 1.54) is 0 Å². The van der Waals surface area contributed by atoms with E-state index < -0.39 is 26.2 Å². The van der Waals surface area contributed by atoms with E-state index in [0.29, 0.717) is 5.69 Å². The average molecular weight is 313 g/mol. The molecule has 0 aliphatic rings. The number of rotatable bonds is 4. The van der Waals surface area contributed by atoms with Crippen LogP contribution >= 0.6 is 0 Å². The number of hydrogen-bond donors (Lipinski definition) is 2. The van der Waals surface area contributed by atoms with Crippen molar-refractivity contribution < 1.29 is 8.42 Å². The number of nitrogens with zero attached hydrogens (tertiary/aromatic N) is 3. The second-order valence-corrected chi connectivity index (χ2v) is 6.34. The first-order chi connectivity index (χ1) is 9.68. The molecule has 114 valence electrons. The van der Waals surface area contributed by atoms with Crippen LogP contribution < -0.4 is 16.4 Å². The molecule has 0 amide bonds. The summed E-state index contributed by atoms with van der Waals surface area (Å²) in [5, 5.41) is 9.18. The molecule has 3 N–H and O–H groups in total. The van der Waals surface area contributed by atoms with Crippen LogP contribution in [0, 0.1) is 0 Å². The van der Waals surface area contributed by atoms with Crippen molar-refractivity contribution >= 4 is 10.0 Å². The second kappa shape index (κ2) is 5.30. The smallest absolute Gasteiger partial charge is 0.293 e. The van der Waals surface area contributed by atoms with Crippen LogP contribution in [-0.4, -0.2) is 27.7 Å². The van der Waals surface area contributed by atoms with E-state index in [4.69, 9.17) is 5.14 Å². The third-order valence-electron chi connectivity index (χ3n) is 2.81. The van der Waals surface area contributed by atoms with Crippen LogP contribution in [0.15, 0.2) is 32.9 Å². The maximum atomic E-state index is 11.7. The third-order valence-corrected chi connectivity index (χ3v) is 3.71. The molecule has 2 aromatic rings. The van der Waals surface area contributed by atoms with Crippen molar-refractivity contribution in [3.8, 4) is 0 Å². The topological polar surface area (TPSA) is 133 Å². The number of aromatic nitrogens is 4. The number of sulfonamides is 1. The minimum atomic E-state index is -4.20. The summed E-state index contributed by atoms with van der Waals surface area (Å²) < 4.78 is 25.3. The van der Waals surface area contributed by atoms with Crippen molar-refractivity contribution in [3.05, 3.63) is 45.0 Å². The summed E-state index contributed by atoms with van der Waals surface area (Å²) in [6, 6.07) is 1.86. The maximum absolute atomic E-state index is 11.7. The number of hydrogen-bond acceptors (Lipinski definition) is 5. The first-order valence-electron chi connectivity index (χ1n) is 6.09. The summed E-state index contributed by atoms with van der Waals surface area (Å²) in [4.78, 5) is 24.4. The fourth-order valence-corrected chi connectivity index (χ4v) is 2.32. The van der Waals surface area contributed by atoms with E-state index in [1.807, 2.05) is 18.8 Å². The Balaban J connectivity index is 2.44. The predicted molar refractivity (Wildman–Crippen MR) is 74.4 cm³/mol. The van der Waals surface area contributed by atoms with Crippen LogP contribution in [0.5, 0.6) is 0 Å². The van der Waals surface area contributed by atoms with E-state index in [2.05, 4.69) is 5.10 Å². The maximum Gasteiger partial charge on any atom is 0.328 e. The van der Waals surface area contributed by atoms with Gasteiger partial charge in [-0.15, -0.1) is 0 Å². The fourth-order valence-electron chi connectivity index (χ4n) is 1.73. The van der Waals surface area contributed by atoms with Crippen LogP contribution in [0.25, 0.3) is 0 Å². The molecule has 0 saturated carbocycles. The average Bonchev–Trinajstić information content (AvgIpc) is 2.79. The summed E-state index contributed by atoms with van der Waals surface area (Å²) in [7, 11) is -4.20. The van der Waals surface area contributed by atoms with Gasteiger partial charge in [0, 0.05) is 18.4 Å². The molecule has 0 fully saturated rings. The summed E-state index contributed by atoms with van der Waals surface area (Å²) >= 11 is 0. The van der Waals surface area contributed by atoms with Crippen molar-refractivity contribution in [2.45, 2.75) is 31.3 Å². The van der Waals surface area contributed by atoms with Crippen molar-refractivity contribution in [1.82, 2.24) is 19.3 Å². The zero-order valence-corrected chi connectivity index (χ0v) is 12.3. The molecule has 0 aromatic carbocycles. The largest absolute Gasteiger partial charge is 0.328 e. The van der Waals surface area contributed by atoms with Crippen LogP contribution in [0.3, 0.4) is 0 Å². The highest BCUT2D eigenvalue weighted by Gasteiger charge is 2.16. The van der Waals surface area contributed by atoms with Gasteiger partial charge in [0.25, 0.3) is 5.56 Å². The monoisotopic (exact) mass is 313 g/mol. The molecule has 0 aliphatic carbocycles. The Morgan fingerprint density at radius 2 is 2.05 bits per heavy atom. The lowest BCUT2D eigenvalue weighted by atomic mass is 10.4. The summed E-state index contributed by atoms with van der Waals surface area (Å²) in [5.41, 5.74) is -1.21. The number of aromatic amines is 1. The van der Waals surface area contributed by atoms with E-state index in [0.717, 1.165) is 10.8 Å². The molecule has 0 bridgehead atoms. The Bertz CT molecular complexity index is 875. The van der Waals surface area contributed by atoms with E-state index in [-0.39, 0.29) is 12.6 Å². The Kier molecular flexibility index (Phi) is 3.83. The minimum Gasteiger partial charge on any atom is -0.293 e. The van der Waals surface area contributed by atoms with Crippen molar-refractivity contribution in [3.63, 3.8) is 0 Å². The van der Waals surface area contributed by atoms with Gasteiger partial charge in [0.05, 0.1) is 12.2 Å². The molecule has 0 saturated heterocycles. The van der Waals surface area contributed by atoms with Gasteiger partial charge in [-0.05, 0) is 19.9 Å². The van der Waals surface area contributed by atoms with Crippen molar-refractivity contribution in [1.29, 1.82) is 0 Å². The summed E-state index contributed by atoms with van der Waals surface area (Å²) in [6.07, 6.45) is 2.67. The van der Waals surface area contributed by atoms with Crippen LogP contribution in [0.4, 0.5) is 0 Å². The van der Waals surface area contributed by atoms with Crippen molar-refractivity contribution in [2.75, 3.05) is 0 Å². The Morgan fingerprint density at radius 3 is 2.57 bits per heavy atom. The fraction of sp³-hybridized carbons (Fsp3) is 0.364. The van der Waals surface area contributed by atoms with Gasteiger partial charge in [-0.1, -0.05) is 0 Å². The third kappa shape index (κ3) is 3.28. The summed E-state index contributed by atoms with van der Waals surface area (Å²) in [5.74, 6) is 0. The number of nitrogens with two attached hydrogens (primary N) is 1. The minimum absolute atomic E-state index is 0.0256. The first-order valence-corrected chi connectivity index (χ1v) is 7.63. The normalized spacial score (nSPS) is 12.0. The highest BCUT2D eigenvalue weighted by Crippen LogP contribution is 2.05. The molecule has 0 aliphatic heterocycles. The van der Waals surface area contributed by atoms with Gasteiger partial charge in [-0.2, -0.15) is 5.10 Å².